The fourth-order valence-electron chi connectivity index (χ4n) is 2.26. The zero-order valence-electron chi connectivity index (χ0n) is 10.7. The molecule has 0 saturated heterocycles. The highest BCUT2D eigenvalue weighted by Crippen LogP contribution is 2.29. The summed E-state index contributed by atoms with van der Waals surface area (Å²) in [6.07, 6.45) is 0.279. The number of hydrogen-bond acceptors (Lipinski definition) is 3. The lowest BCUT2D eigenvalue weighted by Gasteiger charge is -2.01. The average Bonchev–Trinajstić information content (AvgIpc) is 2.76. The largest absolute Gasteiger partial charge is 0.466 e. The first-order valence-electron chi connectivity index (χ1n) is 6.33. The van der Waals surface area contributed by atoms with Gasteiger partial charge in [0.1, 0.15) is 11.2 Å². The Bertz CT molecular complexity index is 740. The van der Waals surface area contributed by atoms with Crippen molar-refractivity contribution in [3.8, 4) is 0 Å². The Balaban J connectivity index is 2.01. The summed E-state index contributed by atoms with van der Waals surface area (Å²) in [6.45, 7) is 2.21. The number of fused-ring (bicyclic) bond motifs is 3. The summed E-state index contributed by atoms with van der Waals surface area (Å²) in [5.74, 6) is -0.210. The van der Waals surface area contributed by atoms with Crippen molar-refractivity contribution >= 4 is 27.9 Å². The van der Waals surface area contributed by atoms with E-state index in [0.717, 1.165) is 27.5 Å². The SMILES string of the molecule is CCOC(=O)Cc1ccc2c(c1)oc1ccccc12. The fourth-order valence-corrected chi connectivity index (χ4v) is 2.26. The predicted octanol–water partition coefficient (Wildman–Crippen LogP) is 3.69. The summed E-state index contributed by atoms with van der Waals surface area (Å²) in [5, 5.41) is 2.17. The molecule has 1 heterocycles. The van der Waals surface area contributed by atoms with Gasteiger partial charge in [0.05, 0.1) is 13.0 Å². The predicted molar refractivity (Wildman–Crippen MR) is 74.1 cm³/mol. The summed E-state index contributed by atoms with van der Waals surface area (Å²) in [4.78, 5) is 11.5. The Morgan fingerprint density at radius 2 is 1.89 bits per heavy atom. The van der Waals surface area contributed by atoms with Gasteiger partial charge in [-0.25, -0.2) is 0 Å². The highest BCUT2D eigenvalue weighted by molar-refractivity contribution is 6.05. The van der Waals surface area contributed by atoms with Crippen LogP contribution in [0.1, 0.15) is 12.5 Å². The number of ether oxygens (including phenoxy) is 1. The third-order valence-electron chi connectivity index (χ3n) is 3.10. The molecule has 0 aliphatic carbocycles. The van der Waals surface area contributed by atoms with E-state index in [4.69, 9.17) is 9.15 Å². The van der Waals surface area contributed by atoms with Crippen molar-refractivity contribution in [1.82, 2.24) is 0 Å². The number of carbonyl (C=O) groups is 1. The van der Waals surface area contributed by atoms with Gasteiger partial charge in [-0.05, 0) is 24.6 Å². The molecule has 19 heavy (non-hydrogen) atoms. The molecule has 0 spiro atoms. The lowest BCUT2D eigenvalue weighted by Crippen LogP contribution is -2.07. The van der Waals surface area contributed by atoms with Gasteiger partial charge in [-0.2, -0.15) is 0 Å². The summed E-state index contributed by atoms with van der Waals surface area (Å²) >= 11 is 0. The molecule has 0 radical (unpaired) electrons. The first kappa shape index (κ1) is 11.8. The minimum absolute atomic E-state index is 0.210. The van der Waals surface area contributed by atoms with Gasteiger partial charge >= 0.3 is 5.97 Å². The quantitative estimate of drug-likeness (QED) is 0.669. The molecule has 0 aliphatic rings. The van der Waals surface area contributed by atoms with E-state index in [-0.39, 0.29) is 12.4 Å². The number of rotatable bonds is 3. The van der Waals surface area contributed by atoms with Gasteiger partial charge in [0.15, 0.2) is 0 Å². The molecule has 2 aromatic carbocycles. The average molecular weight is 254 g/mol. The Kier molecular flexibility index (Phi) is 2.95. The molecule has 96 valence electrons. The van der Waals surface area contributed by atoms with E-state index in [1.165, 1.54) is 0 Å². The van der Waals surface area contributed by atoms with Crippen LogP contribution in [0.3, 0.4) is 0 Å². The van der Waals surface area contributed by atoms with Crippen LogP contribution in [0.2, 0.25) is 0 Å². The first-order valence-corrected chi connectivity index (χ1v) is 6.33. The molecule has 0 amide bonds. The number of hydrogen-bond donors (Lipinski definition) is 0. The van der Waals surface area contributed by atoms with Gasteiger partial charge in [-0.1, -0.05) is 30.3 Å². The van der Waals surface area contributed by atoms with Crippen LogP contribution >= 0.6 is 0 Å². The monoisotopic (exact) mass is 254 g/mol. The number of furan rings is 1. The van der Waals surface area contributed by atoms with Crippen LogP contribution in [0.5, 0.6) is 0 Å². The maximum Gasteiger partial charge on any atom is 0.310 e. The molecule has 1 aromatic heterocycles. The van der Waals surface area contributed by atoms with Crippen molar-refractivity contribution in [1.29, 1.82) is 0 Å². The van der Waals surface area contributed by atoms with Crippen LogP contribution in [-0.2, 0) is 16.0 Å². The second-order valence-electron chi connectivity index (χ2n) is 4.41. The molecule has 3 aromatic rings. The van der Waals surface area contributed by atoms with Gasteiger partial charge in [0.25, 0.3) is 0 Å². The number of esters is 1. The third kappa shape index (κ3) is 2.19. The second-order valence-corrected chi connectivity index (χ2v) is 4.41. The van der Waals surface area contributed by atoms with Crippen LogP contribution in [0.25, 0.3) is 21.9 Å². The summed E-state index contributed by atoms with van der Waals surface area (Å²) < 4.78 is 10.7. The number of para-hydroxylation sites is 1. The molecule has 3 rings (SSSR count). The van der Waals surface area contributed by atoms with Gasteiger partial charge in [-0.15, -0.1) is 0 Å². The molecule has 0 N–H and O–H groups in total. The minimum Gasteiger partial charge on any atom is -0.466 e. The van der Waals surface area contributed by atoms with Crippen LogP contribution in [0.15, 0.2) is 46.9 Å². The summed E-state index contributed by atoms with van der Waals surface area (Å²) in [5.41, 5.74) is 2.58. The smallest absolute Gasteiger partial charge is 0.310 e. The van der Waals surface area contributed by atoms with E-state index in [9.17, 15) is 4.79 Å². The van der Waals surface area contributed by atoms with E-state index in [1.54, 1.807) is 6.92 Å². The normalized spacial score (nSPS) is 11.0. The van der Waals surface area contributed by atoms with Crippen LogP contribution in [-0.4, -0.2) is 12.6 Å². The van der Waals surface area contributed by atoms with Crippen molar-refractivity contribution in [2.24, 2.45) is 0 Å². The molecule has 0 bridgehead atoms. The molecule has 0 fully saturated rings. The maximum atomic E-state index is 11.5. The molecule has 3 heteroatoms. The van der Waals surface area contributed by atoms with Crippen molar-refractivity contribution in [2.45, 2.75) is 13.3 Å². The van der Waals surface area contributed by atoms with Crippen molar-refractivity contribution in [2.75, 3.05) is 6.61 Å². The molecular formula is C16H14O3. The van der Waals surface area contributed by atoms with Gasteiger partial charge < -0.3 is 9.15 Å². The zero-order chi connectivity index (χ0) is 13.2. The van der Waals surface area contributed by atoms with Crippen molar-refractivity contribution < 1.29 is 13.9 Å². The molecule has 0 saturated carbocycles. The molecular weight excluding hydrogens is 240 g/mol. The molecule has 0 aliphatic heterocycles. The van der Waals surface area contributed by atoms with E-state index in [2.05, 4.69) is 0 Å². The summed E-state index contributed by atoms with van der Waals surface area (Å²) in [7, 11) is 0. The van der Waals surface area contributed by atoms with Crippen molar-refractivity contribution in [3.05, 3.63) is 48.0 Å². The first-order chi connectivity index (χ1) is 9.28. The third-order valence-corrected chi connectivity index (χ3v) is 3.10. The van der Waals surface area contributed by atoms with Crippen LogP contribution in [0.4, 0.5) is 0 Å². The molecule has 0 atom stereocenters. The highest BCUT2D eigenvalue weighted by atomic mass is 16.5. The fraction of sp³-hybridized carbons (Fsp3) is 0.188. The lowest BCUT2D eigenvalue weighted by molar-refractivity contribution is -0.142. The maximum absolute atomic E-state index is 11.5. The Labute approximate surface area is 110 Å². The summed E-state index contributed by atoms with van der Waals surface area (Å²) in [6, 6.07) is 13.8. The molecule has 3 nitrogen and oxygen atoms in total. The van der Waals surface area contributed by atoms with Gasteiger partial charge in [-0.3, -0.25) is 4.79 Å². The van der Waals surface area contributed by atoms with E-state index >= 15 is 0 Å². The Morgan fingerprint density at radius 1 is 1.11 bits per heavy atom. The number of benzene rings is 2. The van der Waals surface area contributed by atoms with E-state index in [0.29, 0.717) is 6.61 Å². The standard InChI is InChI=1S/C16H14O3/c1-2-18-16(17)10-11-7-8-13-12-5-3-4-6-14(12)19-15(13)9-11/h3-9H,2,10H2,1H3. The van der Waals surface area contributed by atoms with Crippen LogP contribution < -0.4 is 0 Å². The minimum atomic E-state index is -0.210. The van der Waals surface area contributed by atoms with E-state index < -0.39 is 0 Å². The highest BCUT2D eigenvalue weighted by Gasteiger charge is 2.09. The van der Waals surface area contributed by atoms with Gasteiger partial charge in [0, 0.05) is 10.8 Å². The Hall–Kier alpha value is -2.29. The number of carbonyl (C=O) groups excluding carboxylic acids is 1. The lowest BCUT2D eigenvalue weighted by atomic mass is 10.1. The van der Waals surface area contributed by atoms with Gasteiger partial charge in [0.2, 0.25) is 0 Å². The van der Waals surface area contributed by atoms with Crippen molar-refractivity contribution in [3.63, 3.8) is 0 Å². The second kappa shape index (κ2) is 4.76. The zero-order valence-corrected chi connectivity index (χ0v) is 10.7. The van der Waals surface area contributed by atoms with Crippen LogP contribution in [0, 0.1) is 0 Å². The Morgan fingerprint density at radius 3 is 2.74 bits per heavy atom. The topological polar surface area (TPSA) is 39.4 Å². The van der Waals surface area contributed by atoms with E-state index in [1.807, 2.05) is 42.5 Å². The molecule has 0 unspecified atom stereocenters.